The first-order valence-corrected chi connectivity index (χ1v) is 13.1. The van der Waals surface area contributed by atoms with Gasteiger partial charge in [0.25, 0.3) is 11.8 Å². The van der Waals surface area contributed by atoms with Crippen LogP contribution >= 0.6 is 11.3 Å². The molecule has 0 unspecified atom stereocenters. The van der Waals surface area contributed by atoms with Crippen molar-refractivity contribution >= 4 is 56.2 Å². The van der Waals surface area contributed by atoms with Crippen molar-refractivity contribution in [2.24, 2.45) is 0 Å². The summed E-state index contributed by atoms with van der Waals surface area (Å²) in [6, 6.07) is 7.99. The molecule has 12 heteroatoms. The van der Waals surface area contributed by atoms with E-state index in [-0.39, 0.29) is 17.2 Å². The van der Waals surface area contributed by atoms with E-state index < -0.39 is 17.6 Å². The number of benzene rings is 2. The van der Waals surface area contributed by atoms with Crippen molar-refractivity contribution in [2.45, 2.75) is 33.4 Å². The van der Waals surface area contributed by atoms with E-state index in [0.29, 0.717) is 34.8 Å². The molecule has 0 aliphatic rings. The molecule has 0 aliphatic heterocycles. The van der Waals surface area contributed by atoms with Crippen LogP contribution in [0, 0.1) is 6.92 Å². The fourth-order valence-electron chi connectivity index (χ4n) is 3.84. The summed E-state index contributed by atoms with van der Waals surface area (Å²) in [5.41, 5.74) is 1.50. The summed E-state index contributed by atoms with van der Waals surface area (Å²) in [6.45, 7) is 6.71. The Morgan fingerprint density at radius 2 is 1.74 bits per heavy atom. The third-order valence-electron chi connectivity index (χ3n) is 5.79. The van der Waals surface area contributed by atoms with Gasteiger partial charge in [0.05, 0.1) is 21.3 Å². The minimum atomic E-state index is -4.61. The maximum absolute atomic E-state index is 13.4. The second kappa shape index (κ2) is 11.7. The number of hydrogen-bond acceptors (Lipinski definition) is 7. The van der Waals surface area contributed by atoms with Crippen LogP contribution in [0.5, 0.6) is 0 Å². The molecule has 0 bridgehead atoms. The van der Waals surface area contributed by atoms with Gasteiger partial charge in [0.2, 0.25) is 0 Å². The third kappa shape index (κ3) is 6.45. The average molecular weight is 557 g/mol. The molecule has 8 nitrogen and oxygen atoms in total. The molecule has 0 radical (unpaired) electrons. The van der Waals surface area contributed by atoms with E-state index in [0.717, 1.165) is 35.4 Å². The molecule has 0 saturated carbocycles. The van der Waals surface area contributed by atoms with Gasteiger partial charge in [-0.15, -0.1) is 11.3 Å². The Morgan fingerprint density at radius 1 is 0.949 bits per heavy atom. The molecular weight excluding hydrogens is 529 g/mol. The number of rotatable bonds is 9. The van der Waals surface area contributed by atoms with Gasteiger partial charge in [-0.25, -0.2) is 9.97 Å². The highest BCUT2D eigenvalue weighted by Gasteiger charge is 2.32. The molecule has 4 rings (SSSR count). The van der Waals surface area contributed by atoms with Crippen LogP contribution in [0.1, 0.15) is 52.1 Å². The number of carbonyl (C=O) groups is 2. The largest absolute Gasteiger partial charge is 0.416 e. The van der Waals surface area contributed by atoms with Gasteiger partial charge in [-0.3, -0.25) is 9.59 Å². The molecule has 0 spiro atoms. The first kappa shape index (κ1) is 27.8. The number of aryl methyl sites for hydroxylation is 1. The maximum Gasteiger partial charge on any atom is 0.416 e. The minimum Gasteiger partial charge on any atom is -0.385 e. The zero-order chi connectivity index (χ0) is 28.2. The van der Waals surface area contributed by atoms with Gasteiger partial charge in [0, 0.05) is 41.1 Å². The molecule has 2 aromatic heterocycles. The number of thiophene rings is 1. The molecule has 0 aliphatic carbocycles. The molecule has 2 heterocycles. The Kier molecular flexibility index (Phi) is 8.34. The Labute approximate surface area is 227 Å². The summed E-state index contributed by atoms with van der Waals surface area (Å²) in [6.07, 6.45) is -2.28. The van der Waals surface area contributed by atoms with Gasteiger partial charge >= 0.3 is 6.18 Å². The van der Waals surface area contributed by atoms with E-state index in [1.807, 2.05) is 6.92 Å². The van der Waals surface area contributed by atoms with Gasteiger partial charge < -0.3 is 21.3 Å². The Hall–Kier alpha value is -4.19. The van der Waals surface area contributed by atoms with Crippen LogP contribution in [-0.2, 0) is 6.18 Å². The Bertz CT molecular complexity index is 1520. The molecule has 4 N–H and O–H groups in total. The number of nitrogens with zero attached hydrogens (tertiary/aromatic N) is 2. The molecule has 39 heavy (non-hydrogen) atoms. The molecular formula is C27H27F3N6O2S. The van der Waals surface area contributed by atoms with E-state index in [2.05, 4.69) is 31.2 Å². The summed E-state index contributed by atoms with van der Waals surface area (Å²) in [5.74, 6) is -0.436. The highest BCUT2D eigenvalue weighted by Crippen LogP contribution is 2.33. The second-order valence-corrected chi connectivity index (χ2v) is 9.62. The second-order valence-electron chi connectivity index (χ2n) is 8.74. The first-order valence-electron chi connectivity index (χ1n) is 12.3. The summed E-state index contributed by atoms with van der Waals surface area (Å²) in [7, 11) is 0. The fraction of sp³-hybridized carbons (Fsp3) is 0.259. The number of aromatic nitrogens is 2. The average Bonchev–Trinajstić information content (AvgIpc) is 3.34. The quantitative estimate of drug-likeness (QED) is 0.181. The first-order chi connectivity index (χ1) is 18.6. The SMILES string of the molecule is CCCNc1ncnc2c(C(=O)Nc3cc(NC(=O)c4cc(NCC)cc(C(F)(F)F)c4)ccc3C)csc12. The maximum atomic E-state index is 13.4. The molecule has 2 amide bonds. The normalized spacial score (nSPS) is 11.3. The van der Waals surface area contributed by atoms with Crippen LogP contribution in [-0.4, -0.2) is 34.9 Å². The van der Waals surface area contributed by atoms with Crippen molar-refractivity contribution in [2.75, 3.05) is 34.4 Å². The minimum absolute atomic E-state index is 0.149. The lowest BCUT2D eigenvalue weighted by Gasteiger charge is -2.14. The smallest absolute Gasteiger partial charge is 0.385 e. The van der Waals surface area contributed by atoms with E-state index in [4.69, 9.17) is 0 Å². The lowest BCUT2D eigenvalue weighted by Crippen LogP contribution is -2.16. The van der Waals surface area contributed by atoms with Crippen LogP contribution in [0.2, 0.25) is 0 Å². The van der Waals surface area contributed by atoms with Crippen molar-refractivity contribution in [1.82, 2.24) is 9.97 Å². The molecule has 2 aromatic carbocycles. The summed E-state index contributed by atoms with van der Waals surface area (Å²) >= 11 is 1.36. The predicted octanol–water partition coefficient (Wildman–Crippen LogP) is 6.78. The van der Waals surface area contributed by atoms with E-state index in [9.17, 15) is 22.8 Å². The van der Waals surface area contributed by atoms with Gasteiger partial charge in [0.1, 0.15) is 12.1 Å². The number of halogens is 3. The molecule has 0 saturated heterocycles. The summed E-state index contributed by atoms with van der Waals surface area (Å²) in [5, 5.41) is 13.2. The molecule has 0 atom stereocenters. The highest BCUT2D eigenvalue weighted by molar-refractivity contribution is 7.18. The topological polar surface area (TPSA) is 108 Å². The van der Waals surface area contributed by atoms with Crippen molar-refractivity contribution in [3.8, 4) is 0 Å². The van der Waals surface area contributed by atoms with Crippen LogP contribution < -0.4 is 21.3 Å². The number of nitrogens with one attached hydrogen (secondary N) is 4. The molecule has 0 fully saturated rings. The number of fused-ring (bicyclic) bond motifs is 1. The number of hydrogen-bond donors (Lipinski definition) is 4. The molecule has 4 aromatic rings. The van der Waals surface area contributed by atoms with Gasteiger partial charge in [-0.2, -0.15) is 13.2 Å². The zero-order valence-electron chi connectivity index (χ0n) is 21.5. The van der Waals surface area contributed by atoms with Crippen molar-refractivity contribution in [1.29, 1.82) is 0 Å². The van der Waals surface area contributed by atoms with Crippen molar-refractivity contribution < 1.29 is 22.8 Å². The van der Waals surface area contributed by atoms with Crippen molar-refractivity contribution in [3.63, 3.8) is 0 Å². The van der Waals surface area contributed by atoms with E-state index in [1.54, 1.807) is 37.4 Å². The van der Waals surface area contributed by atoms with Crippen molar-refractivity contribution in [3.05, 3.63) is 70.4 Å². The number of anilines is 4. The summed E-state index contributed by atoms with van der Waals surface area (Å²) in [4.78, 5) is 34.6. The van der Waals surface area contributed by atoms with Gasteiger partial charge in [0.15, 0.2) is 0 Å². The fourth-order valence-corrected chi connectivity index (χ4v) is 4.80. The monoisotopic (exact) mass is 556 g/mol. The van der Waals surface area contributed by atoms with Gasteiger partial charge in [-0.1, -0.05) is 13.0 Å². The molecule has 204 valence electrons. The van der Waals surface area contributed by atoms with Gasteiger partial charge in [-0.05, 0) is 56.2 Å². The Morgan fingerprint density at radius 3 is 2.46 bits per heavy atom. The van der Waals surface area contributed by atoms with E-state index >= 15 is 0 Å². The third-order valence-corrected chi connectivity index (χ3v) is 6.76. The Balaban J connectivity index is 1.56. The lowest BCUT2D eigenvalue weighted by molar-refractivity contribution is -0.137. The lowest BCUT2D eigenvalue weighted by atomic mass is 10.1. The zero-order valence-corrected chi connectivity index (χ0v) is 22.3. The summed E-state index contributed by atoms with van der Waals surface area (Å²) < 4.78 is 40.9. The predicted molar refractivity (Wildman–Crippen MR) is 149 cm³/mol. The number of amides is 2. The number of alkyl halides is 3. The standard InChI is InChI=1S/C27H27F3N6O2S/c1-4-8-32-24-23-22(33-14-34-24)20(13-39-23)26(38)36-21-12-18(7-6-15(21)3)35-25(37)16-9-17(27(28,29)30)11-19(10-16)31-5-2/h6-7,9-14,31H,4-5,8H2,1-3H3,(H,35,37)(H,36,38)(H,32,33,34). The van der Waals surface area contributed by atoms with Crippen LogP contribution in [0.15, 0.2) is 48.1 Å². The van der Waals surface area contributed by atoms with Crippen LogP contribution in [0.4, 0.5) is 36.1 Å². The van der Waals surface area contributed by atoms with Crippen LogP contribution in [0.25, 0.3) is 10.2 Å². The van der Waals surface area contributed by atoms with E-state index in [1.165, 1.54) is 23.7 Å². The number of carbonyl (C=O) groups excluding carboxylic acids is 2. The van der Waals surface area contributed by atoms with Crippen LogP contribution in [0.3, 0.4) is 0 Å². The highest BCUT2D eigenvalue weighted by atomic mass is 32.1.